The maximum absolute atomic E-state index is 12.5. The number of hydrogen-bond acceptors (Lipinski definition) is 3. The van der Waals surface area contributed by atoms with E-state index in [9.17, 15) is 9.90 Å². The van der Waals surface area contributed by atoms with Gasteiger partial charge in [0, 0.05) is 5.71 Å². The predicted octanol–water partition coefficient (Wildman–Crippen LogP) is 2.97. The number of carbonyl (C=O) groups is 1. The summed E-state index contributed by atoms with van der Waals surface area (Å²) in [5.41, 5.74) is 2.61. The first-order valence-corrected chi connectivity index (χ1v) is 6.87. The van der Waals surface area contributed by atoms with Crippen LogP contribution >= 0.6 is 0 Å². The third-order valence-electron chi connectivity index (χ3n) is 3.65. The van der Waals surface area contributed by atoms with Crippen molar-refractivity contribution < 1.29 is 9.90 Å². The van der Waals surface area contributed by atoms with Gasteiger partial charge in [0.25, 0.3) is 5.91 Å². The van der Waals surface area contributed by atoms with Crippen LogP contribution in [0.25, 0.3) is 0 Å². The van der Waals surface area contributed by atoms with Gasteiger partial charge in [-0.05, 0) is 43.2 Å². The highest BCUT2D eigenvalue weighted by Gasteiger charge is 2.34. The lowest BCUT2D eigenvalue weighted by atomic mass is 9.95. The summed E-state index contributed by atoms with van der Waals surface area (Å²) in [4.78, 5) is 12.5. The van der Waals surface area contributed by atoms with E-state index in [1.807, 2.05) is 49.4 Å². The summed E-state index contributed by atoms with van der Waals surface area (Å²) in [6, 6.07) is 16.4. The van der Waals surface area contributed by atoms with Crippen LogP contribution in [-0.4, -0.2) is 16.7 Å². The largest absolute Gasteiger partial charge is 0.508 e. The lowest BCUT2D eigenvalue weighted by Crippen LogP contribution is -2.28. The second kappa shape index (κ2) is 5.40. The molecule has 21 heavy (non-hydrogen) atoms. The molecule has 2 aromatic rings. The molecule has 106 valence electrons. The minimum Gasteiger partial charge on any atom is -0.508 e. The van der Waals surface area contributed by atoms with Crippen molar-refractivity contribution in [1.29, 1.82) is 0 Å². The van der Waals surface area contributed by atoms with Gasteiger partial charge in [-0.15, -0.1) is 0 Å². The molecule has 0 bridgehead atoms. The van der Waals surface area contributed by atoms with Crippen molar-refractivity contribution in [3.63, 3.8) is 0 Å². The number of aromatic hydroxyl groups is 1. The first kappa shape index (κ1) is 13.4. The average Bonchev–Trinajstić information content (AvgIpc) is 2.78. The van der Waals surface area contributed by atoms with Gasteiger partial charge in [-0.3, -0.25) is 4.79 Å². The van der Waals surface area contributed by atoms with Gasteiger partial charge in [-0.2, -0.15) is 5.10 Å². The topological polar surface area (TPSA) is 52.9 Å². The first-order valence-electron chi connectivity index (χ1n) is 6.87. The van der Waals surface area contributed by atoms with E-state index in [0.717, 1.165) is 17.0 Å². The van der Waals surface area contributed by atoms with Crippen molar-refractivity contribution in [1.82, 2.24) is 0 Å². The summed E-state index contributed by atoms with van der Waals surface area (Å²) in [7, 11) is 0. The van der Waals surface area contributed by atoms with E-state index < -0.39 is 0 Å². The third-order valence-corrected chi connectivity index (χ3v) is 3.65. The number of amides is 1. The number of phenolic OH excluding ortho intramolecular Hbond substituents is 1. The van der Waals surface area contributed by atoms with E-state index in [2.05, 4.69) is 5.10 Å². The molecule has 0 aromatic heterocycles. The van der Waals surface area contributed by atoms with Gasteiger partial charge in [-0.25, -0.2) is 5.01 Å². The predicted molar refractivity (Wildman–Crippen MR) is 82.3 cm³/mol. The maximum atomic E-state index is 12.5. The highest BCUT2D eigenvalue weighted by Crippen LogP contribution is 2.26. The molecule has 0 fully saturated rings. The van der Waals surface area contributed by atoms with Gasteiger partial charge < -0.3 is 5.11 Å². The Kier molecular flexibility index (Phi) is 3.44. The number of nitrogens with zero attached hydrogens (tertiary/aromatic N) is 2. The van der Waals surface area contributed by atoms with Crippen LogP contribution in [0.5, 0.6) is 5.75 Å². The number of phenols is 1. The molecule has 3 rings (SSSR count). The molecule has 4 heteroatoms. The van der Waals surface area contributed by atoms with Crippen LogP contribution in [0.4, 0.5) is 5.69 Å². The van der Waals surface area contributed by atoms with E-state index >= 15 is 0 Å². The quantitative estimate of drug-likeness (QED) is 0.939. The van der Waals surface area contributed by atoms with Crippen LogP contribution in [0.15, 0.2) is 59.7 Å². The molecule has 1 atom stereocenters. The van der Waals surface area contributed by atoms with Crippen LogP contribution in [-0.2, 0) is 11.2 Å². The lowest BCUT2D eigenvalue weighted by Gasteiger charge is -2.14. The monoisotopic (exact) mass is 280 g/mol. The Bertz CT molecular complexity index is 678. The molecule has 0 aliphatic carbocycles. The van der Waals surface area contributed by atoms with Crippen LogP contribution in [0.2, 0.25) is 0 Å². The number of hydrazone groups is 1. The van der Waals surface area contributed by atoms with Crippen molar-refractivity contribution in [2.75, 3.05) is 5.01 Å². The number of rotatable bonds is 3. The Labute approximate surface area is 123 Å². The van der Waals surface area contributed by atoms with Gasteiger partial charge in [0.2, 0.25) is 0 Å². The maximum Gasteiger partial charge on any atom is 0.256 e. The Balaban J connectivity index is 1.81. The van der Waals surface area contributed by atoms with E-state index in [1.54, 1.807) is 12.1 Å². The zero-order valence-corrected chi connectivity index (χ0v) is 11.7. The molecule has 0 radical (unpaired) electrons. The molecule has 0 spiro atoms. The van der Waals surface area contributed by atoms with Gasteiger partial charge in [0.1, 0.15) is 5.75 Å². The second-order valence-electron chi connectivity index (χ2n) is 5.15. The summed E-state index contributed by atoms with van der Waals surface area (Å²) < 4.78 is 0. The van der Waals surface area contributed by atoms with Crippen molar-refractivity contribution >= 4 is 17.3 Å². The minimum absolute atomic E-state index is 0.00762. The van der Waals surface area contributed by atoms with Crippen LogP contribution in [0, 0.1) is 5.92 Å². The number of carbonyl (C=O) groups excluding carboxylic acids is 1. The highest BCUT2D eigenvalue weighted by atomic mass is 16.3. The minimum atomic E-state index is -0.241. The number of anilines is 1. The molecule has 4 nitrogen and oxygen atoms in total. The molecule has 0 saturated carbocycles. The smallest absolute Gasteiger partial charge is 0.256 e. The second-order valence-corrected chi connectivity index (χ2v) is 5.15. The summed E-state index contributed by atoms with van der Waals surface area (Å²) in [5, 5.41) is 15.2. The molecule has 1 aliphatic rings. The summed E-state index contributed by atoms with van der Waals surface area (Å²) >= 11 is 0. The van der Waals surface area contributed by atoms with Crippen LogP contribution in [0.3, 0.4) is 0 Å². The van der Waals surface area contributed by atoms with Crippen molar-refractivity contribution in [3.8, 4) is 5.75 Å². The molecular weight excluding hydrogens is 264 g/mol. The summed E-state index contributed by atoms with van der Waals surface area (Å²) in [6.07, 6.45) is 0.595. The normalized spacial score (nSPS) is 18.0. The molecule has 1 amide bonds. The average molecular weight is 280 g/mol. The van der Waals surface area contributed by atoms with Crippen molar-refractivity contribution in [2.24, 2.45) is 11.0 Å². The van der Waals surface area contributed by atoms with E-state index in [1.165, 1.54) is 5.01 Å². The Hall–Kier alpha value is -2.62. The molecular formula is C17H16N2O2. The molecule has 2 aromatic carbocycles. The standard InChI is InChI=1S/C17H16N2O2/c1-12-16(11-13-7-9-15(20)10-8-13)17(21)19(18-12)14-5-3-2-4-6-14/h2-10,16,20H,11H2,1H3. The SMILES string of the molecule is CC1=NN(c2ccccc2)C(=O)C1Cc1ccc(O)cc1. The van der Waals surface area contributed by atoms with Gasteiger partial charge in [-0.1, -0.05) is 30.3 Å². The molecule has 1 N–H and O–H groups in total. The van der Waals surface area contributed by atoms with Crippen molar-refractivity contribution in [2.45, 2.75) is 13.3 Å². The summed E-state index contributed by atoms with van der Waals surface area (Å²) in [5.74, 6) is -0.0191. The van der Waals surface area contributed by atoms with Gasteiger partial charge in [0.05, 0.1) is 11.6 Å². The molecule has 1 unspecified atom stereocenters. The highest BCUT2D eigenvalue weighted by molar-refractivity contribution is 6.14. The molecule has 0 saturated heterocycles. The Morgan fingerprint density at radius 1 is 1.10 bits per heavy atom. The fourth-order valence-corrected chi connectivity index (χ4v) is 2.46. The van der Waals surface area contributed by atoms with E-state index in [-0.39, 0.29) is 17.6 Å². The van der Waals surface area contributed by atoms with Crippen molar-refractivity contribution in [3.05, 3.63) is 60.2 Å². The number of para-hydroxylation sites is 1. The van der Waals surface area contributed by atoms with Gasteiger partial charge >= 0.3 is 0 Å². The van der Waals surface area contributed by atoms with E-state index in [0.29, 0.717) is 6.42 Å². The van der Waals surface area contributed by atoms with Gasteiger partial charge in [0.15, 0.2) is 0 Å². The fraction of sp³-hybridized carbons (Fsp3) is 0.176. The van der Waals surface area contributed by atoms with E-state index in [4.69, 9.17) is 0 Å². The Morgan fingerprint density at radius 3 is 2.43 bits per heavy atom. The lowest BCUT2D eigenvalue weighted by molar-refractivity contribution is -0.119. The Morgan fingerprint density at radius 2 is 1.76 bits per heavy atom. The fourth-order valence-electron chi connectivity index (χ4n) is 2.46. The first-order chi connectivity index (χ1) is 10.1. The number of hydrogen-bond donors (Lipinski definition) is 1. The van der Waals surface area contributed by atoms with Crippen LogP contribution in [0.1, 0.15) is 12.5 Å². The third kappa shape index (κ3) is 2.65. The molecule has 1 aliphatic heterocycles. The number of benzene rings is 2. The zero-order valence-electron chi connectivity index (χ0n) is 11.7. The zero-order chi connectivity index (χ0) is 14.8. The van der Waals surface area contributed by atoms with Crippen LogP contribution < -0.4 is 5.01 Å². The summed E-state index contributed by atoms with van der Waals surface area (Å²) in [6.45, 7) is 1.88. The molecule has 1 heterocycles.